The van der Waals surface area contributed by atoms with Crippen LogP contribution in [0.5, 0.6) is 0 Å². The molecule has 0 saturated carbocycles. The lowest BCUT2D eigenvalue weighted by atomic mass is 10.1. The number of likely N-dealkylation sites (tertiary alicyclic amines) is 1. The molecular weight excluding hydrogens is 350 g/mol. The normalized spacial score (nSPS) is 20.2. The number of nitrogens with one attached hydrogen (secondary N) is 1. The highest BCUT2D eigenvalue weighted by Gasteiger charge is 2.37. The molecule has 1 aliphatic rings. The zero-order valence-corrected chi connectivity index (χ0v) is 14.6. The summed E-state index contributed by atoms with van der Waals surface area (Å²) in [5.74, 6) is -1.51. The minimum atomic E-state index is -0.842. The molecule has 1 saturated heterocycles. The maximum Gasteiger partial charge on any atom is 0.321 e. The molecule has 1 aromatic carbocycles. The van der Waals surface area contributed by atoms with Crippen LogP contribution in [0.25, 0.3) is 6.08 Å². The average Bonchev–Trinajstić information content (AvgIpc) is 3.32. The van der Waals surface area contributed by atoms with Gasteiger partial charge in [-0.05, 0) is 24.5 Å². The molecule has 2 atom stereocenters. The average molecular weight is 371 g/mol. The maximum atomic E-state index is 11.6. The second-order valence-electron chi connectivity index (χ2n) is 6.41. The van der Waals surface area contributed by atoms with Crippen LogP contribution >= 0.6 is 0 Å². The van der Waals surface area contributed by atoms with Gasteiger partial charge in [0.15, 0.2) is 0 Å². The van der Waals surface area contributed by atoms with Gasteiger partial charge in [0, 0.05) is 19.2 Å². The quantitative estimate of drug-likeness (QED) is 0.373. The number of aromatic nitrogens is 3. The molecule has 0 unspecified atom stereocenters. The van der Waals surface area contributed by atoms with Gasteiger partial charge in [-0.25, -0.2) is 10.2 Å². The fourth-order valence-corrected chi connectivity index (χ4v) is 3.24. The molecule has 1 aliphatic heterocycles. The fourth-order valence-electron chi connectivity index (χ4n) is 3.24. The van der Waals surface area contributed by atoms with Crippen molar-refractivity contribution in [2.45, 2.75) is 24.9 Å². The van der Waals surface area contributed by atoms with Crippen LogP contribution in [0, 0.1) is 0 Å². The van der Waals surface area contributed by atoms with E-state index in [1.807, 2.05) is 35.2 Å². The summed E-state index contributed by atoms with van der Waals surface area (Å²) in [4.78, 5) is 24.6. The van der Waals surface area contributed by atoms with Crippen molar-refractivity contribution in [3.63, 3.8) is 0 Å². The predicted molar refractivity (Wildman–Crippen MR) is 95.8 cm³/mol. The number of carbonyl (C=O) groups excluding carboxylic acids is 1. The van der Waals surface area contributed by atoms with E-state index in [4.69, 9.17) is 5.21 Å². The van der Waals surface area contributed by atoms with E-state index >= 15 is 0 Å². The Hall–Kier alpha value is -3.04. The standard InChI is InChI=1S/C18H21N5O4/c24-17(20-27)7-6-14-11-23(21-19-14)15-10-16(18(25)26)22(12-15)9-8-13-4-2-1-3-5-13/h1-7,11,15-16,27H,8-10,12H2,(H,20,24)(H,25,26)/b7-6+/t15-,16-/m0/s1. The van der Waals surface area contributed by atoms with Crippen molar-refractivity contribution in [3.05, 3.63) is 53.9 Å². The van der Waals surface area contributed by atoms with Crippen LogP contribution in [0.1, 0.15) is 23.7 Å². The summed E-state index contributed by atoms with van der Waals surface area (Å²) in [6.45, 7) is 1.21. The van der Waals surface area contributed by atoms with Crippen LogP contribution in [0.4, 0.5) is 0 Å². The van der Waals surface area contributed by atoms with E-state index in [1.165, 1.54) is 17.1 Å². The molecule has 3 rings (SSSR count). The van der Waals surface area contributed by atoms with Gasteiger partial charge < -0.3 is 5.11 Å². The molecule has 3 N–H and O–H groups in total. The molecule has 9 heteroatoms. The summed E-state index contributed by atoms with van der Waals surface area (Å²) >= 11 is 0. The molecule has 27 heavy (non-hydrogen) atoms. The molecule has 0 bridgehead atoms. The van der Waals surface area contributed by atoms with E-state index in [1.54, 1.807) is 10.9 Å². The number of benzene rings is 1. The van der Waals surface area contributed by atoms with Crippen LogP contribution in [0.2, 0.25) is 0 Å². The number of hydrogen-bond donors (Lipinski definition) is 3. The molecule has 0 spiro atoms. The smallest absolute Gasteiger partial charge is 0.321 e. The molecule has 1 aromatic heterocycles. The minimum Gasteiger partial charge on any atom is -0.480 e. The van der Waals surface area contributed by atoms with Crippen molar-refractivity contribution in [3.8, 4) is 0 Å². The molecule has 0 radical (unpaired) electrons. The van der Waals surface area contributed by atoms with Crippen molar-refractivity contribution >= 4 is 18.0 Å². The first-order valence-corrected chi connectivity index (χ1v) is 8.61. The molecular formula is C18H21N5O4. The molecule has 1 amide bonds. The van der Waals surface area contributed by atoms with Crippen LogP contribution in [0.15, 0.2) is 42.6 Å². The van der Waals surface area contributed by atoms with E-state index < -0.39 is 17.9 Å². The van der Waals surface area contributed by atoms with Crippen LogP contribution in [-0.4, -0.2) is 61.2 Å². The van der Waals surface area contributed by atoms with Gasteiger partial charge in [-0.3, -0.25) is 19.7 Å². The highest BCUT2D eigenvalue weighted by Crippen LogP contribution is 2.27. The number of aliphatic carboxylic acids is 1. The lowest BCUT2D eigenvalue weighted by Crippen LogP contribution is -2.37. The summed E-state index contributed by atoms with van der Waals surface area (Å²) in [5, 5.41) is 26.0. The van der Waals surface area contributed by atoms with Gasteiger partial charge >= 0.3 is 5.97 Å². The highest BCUT2D eigenvalue weighted by atomic mass is 16.5. The topological polar surface area (TPSA) is 121 Å². The minimum absolute atomic E-state index is 0.108. The predicted octanol–water partition coefficient (Wildman–Crippen LogP) is 0.739. The lowest BCUT2D eigenvalue weighted by Gasteiger charge is -2.20. The second-order valence-corrected chi connectivity index (χ2v) is 6.41. The first-order chi connectivity index (χ1) is 13.1. The fraction of sp³-hybridized carbons (Fsp3) is 0.333. The summed E-state index contributed by atoms with van der Waals surface area (Å²) in [6, 6.07) is 9.28. The lowest BCUT2D eigenvalue weighted by molar-refractivity contribution is -0.142. The zero-order chi connectivity index (χ0) is 19.2. The summed E-state index contributed by atoms with van der Waals surface area (Å²) in [6.07, 6.45) is 5.43. The van der Waals surface area contributed by atoms with Crippen LogP contribution < -0.4 is 5.48 Å². The summed E-state index contributed by atoms with van der Waals surface area (Å²) in [5.41, 5.74) is 3.12. The number of carboxylic acid groups (broad SMARTS) is 1. The summed E-state index contributed by atoms with van der Waals surface area (Å²) in [7, 11) is 0. The van der Waals surface area contributed by atoms with Crippen molar-refractivity contribution in [1.29, 1.82) is 0 Å². The second kappa shape index (κ2) is 8.56. The van der Waals surface area contributed by atoms with Gasteiger partial charge in [-0.2, -0.15) is 0 Å². The zero-order valence-electron chi connectivity index (χ0n) is 14.6. The Morgan fingerprint density at radius 3 is 2.78 bits per heavy atom. The number of hydroxylamine groups is 1. The maximum absolute atomic E-state index is 11.6. The van der Waals surface area contributed by atoms with Crippen molar-refractivity contribution in [2.75, 3.05) is 13.1 Å². The van der Waals surface area contributed by atoms with Gasteiger partial charge in [-0.15, -0.1) is 5.10 Å². The highest BCUT2D eigenvalue weighted by molar-refractivity contribution is 5.90. The van der Waals surface area contributed by atoms with Crippen LogP contribution in [-0.2, 0) is 16.0 Å². The van der Waals surface area contributed by atoms with E-state index in [0.717, 1.165) is 12.5 Å². The van der Waals surface area contributed by atoms with E-state index in [-0.39, 0.29) is 6.04 Å². The Bertz CT molecular complexity index is 820. The van der Waals surface area contributed by atoms with Crippen molar-refractivity contribution in [2.24, 2.45) is 0 Å². The number of rotatable bonds is 7. The third-order valence-corrected chi connectivity index (χ3v) is 4.61. The Morgan fingerprint density at radius 2 is 2.07 bits per heavy atom. The van der Waals surface area contributed by atoms with E-state index in [9.17, 15) is 14.7 Å². The van der Waals surface area contributed by atoms with E-state index in [2.05, 4.69) is 10.3 Å². The Labute approximate surface area is 155 Å². The first-order valence-electron chi connectivity index (χ1n) is 8.61. The molecule has 1 fully saturated rings. The van der Waals surface area contributed by atoms with Gasteiger partial charge in [0.2, 0.25) is 0 Å². The Morgan fingerprint density at radius 1 is 1.30 bits per heavy atom. The Kier molecular flexibility index (Phi) is 5.94. The van der Waals surface area contributed by atoms with Gasteiger partial charge in [0.05, 0.1) is 12.2 Å². The number of amides is 1. The van der Waals surface area contributed by atoms with Crippen LogP contribution in [0.3, 0.4) is 0 Å². The van der Waals surface area contributed by atoms with Gasteiger partial charge in [0.25, 0.3) is 5.91 Å². The van der Waals surface area contributed by atoms with E-state index in [0.29, 0.717) is 25.2 Å². The van der Waals surface area contributed by atoms with Gasteiger partial charge in [-0.1, -0.05) is 35.5 Å². The van der Waals surface area contributed by atoms with Gasteiger partial charge in [0.1, 0.15) is 11.7 Å². The number of hydrogen-bond acceptors (Lipinski definition) is 6. The molecule has 2 aromatic rings. The number of carbonyl (C=O) groups is 2. The first kappa shape index (κ1) is 18.7. The third-order valence-electron chi connectivity index (χ3n) is 4.61. The monoisotopic (exact) mass is 371 g/mol. The molecule has 2 heterocycles. The molecule has 0 aliphatic carbocycles. The Balaban J connectivity index is 1.65. The molecule has 9 nitrogen and oxygen atoms in total. The van der Waals surface area contributed by atoms with Crippen molar-refractivity contribution < 1.29 is 19.9 Å². The SMILES string of the molecule is O=C(/C=C/c1cn([C@H]2C[C@@H](C(=O)O)N(CCc3ccccc3)C2)nn1)NO. The largest absolute Gasteiger partial charge is 0.480 e. The van der Waals surface area contributed by atoms with Crippen molar-refractivity contribution in [1.82, 2.24) is 25.4 Å². The summed E-state index contributed by atoms with van der Waals surface area (Å²) < 4.78 is 1.63. The third kappa shape index (κ3) is 4.78. The number of nitrogens with zero attached hydrogens (tertiary/aromatic N) is 4. The number of carboxylic acids is 1. The molecule has 142 valence electrons.